The second-order valence-corrected chi connectivity index (χ2v) is 9.30. The highest BCUT2D eigenvalue weighted by atomic mass is 16.5. The lowest BCUT2D eigenvalue weighted by Crippen LogP contribution is -2.32. The number of ether oxygens (including phenoxy) is 1. The van der Waals surface area contributed by atoms with Gasteiger partial charge in [0, 0.05) is 6.42 Å². The van der Waals surface area contributed by atoms with Crippen LogP contribution in [0.4, 0.5) is 0 Å². The first-order valence-electron chi connectivity index (χ1n) is 12.0. The number of hydrogen-bond donors (Lipinski definition) is 2. The van der Waals surface area contributed by atoms with Crippen LogP contribution in [0.2, 0.25) is 0 Å². The van der Waals surface area contributed by atoms with Gasteiger partial charge in [0.25, 0.3) is 0 Å². The Hall–Kier alpha value is -0.870. The van der Waals surface area contributed by atoms with Crippen molar-refractivity contribution in [2.45, 2.75) is 116 Å². The first-order chi connectivity index (χ1) is 13.9. The fourth-order valence-electron chi connectivity index (χ4n) is 4.76. The van der Waals surface area contributed by atoms with Crippen LogP contribution in [0.5, 0.6) is 0 Å². The second-order valence-electron chi connectivity index (χ2n) is 9.30. The number of esters is 1. The van der Waals surface area contributed by atoms with Gasteiger partial charge in [-0.05, 0) is 68.6 Å². The molecule has 170 valence electrons. The summed E-state index contributed by atoms with van der Waals surface area (Å²) in [5.41, 5.74) is 0.00818. The van der Waals surface area contributed by atoms with E-state index in [1.807, 2.05) is 6.08 Å². The summed E-state index contributed by atoms with van der Waals surface area (Å²) in [6.45, 7) is 6.67. The highest BCUT2D eigenvalue weighted by Gasteiger charge is 2.36. The Morgan fingerprint density at radius 1 is 1.21 bits per heavy atom. The smallest absolute Gasteiger partial charge is 0.305 e. The molecule has 1 rings (SSSR count). The Labute approximate surface area is 179 Å². The molecule has 0 heterocycles. The SMILES string of the molecule is CCCCCCC(C)(CC)C(O)CCC1CCC(O)C1C/C=C\CCC(=O)OC. The molecule has 4 nitrogen and oxygen atoms in total. The van der Waals surface area contributed by atoms with E-state index in [0.29, 0.717) is 18.8 Å². The summed E-state index contributed by atoms with van der Waals surface area (Å²) in [5, 5.41) is 21.3. The summed E-state index contributed by atoms with van der Waals surface area (Å²) in [4.78, 5) is 11.2. The van der Waals surface area contributed by atoms with Crippen LogP contribution in [0.15, 0.2) is 12.2 Å². The molecule has 0 spiro atoms. The van der Waals surface area contributed by atoms with E-state index in [2.05, 4.69) is 31.6 Å². The fourth-order valence-corrected chi connectivity index (χ4v) is 4.76. The predicted molar refractivity (Wildman–Crippen MR) is 120 cm³/mol. The number of carbonyl (C=O) groups excluding carboxylic acids is 1. The van der Waals surface area contributed by atoms with Gasteiger partial charge in [0.1, 0.15) is 0 Å². The maximum absolute atomic E-state index is 11.2. The number of methoxy groups -OCH3 is 1. The molecule has 0 aromatic rings. The summed E-state index contributed by atoms with van der Waals surface area (Å²) >= 11 is 0. The van der Waals surface area contributed by atoms with Gasteiger partial charge in [0.15, 0.2) is 0 Å². The number of hydrogen-bond acceptors (Lipinski definition) is 4. The molecule has 1 aliphatic rings. The van der Waals surface area contributed by atoms with Gasteiger partial charge in [-0.2, -0.15) is 0 Å². The normalized spacial score (nSPS) is 25.2. The summed E-state index contributed by atoms with van der Waals surface area (Å²) in [6.07, 6.45) is 16.4. The van der Waals surface area contributed by atoms with E-state index in [-0.39, 0.29) is 29.5 Å². The Kier molecular flexibility index (Phi) is 12.8. The van der Waals surface area contributed by atoms with Crippen LogP contribution in [0.25, 0.3) is 0 Å². The molecule has 0 radical (unpaired) electrons. The standard InChI is InChI=1S/C25H46O4/c1-5-7-8-12-19-25(3,6-2)23(27)18-16-20-15-17-22(26)21(20)13-10-9-11-14-24(28)29-4/h9-10,20-23,26-27H,5-8,11-19H2,1-4H3/b10-9-. The number of aliphatic hydroxyl groups is 2. The third-order valence-electron chi connectivity index (χ3n) is 7.28. The molecule has 5 atom stereocenters. The fraction of sp³-hybridized carbons (Fsp3) is 0.880. The van der Waals surface area contributed by atoms with Crippen LogP contribution >= 0.6 is 0 Å². The zero-order valence-electron chi connectivity index (χ0n) is 19.4. The van der Waals surface area contributed by atoms with Crippen LogP contribution < -0.4 is 0 Å². The molecule has 1 aliphatic carbocycles. The lowest BCUT2D eigenvalue weighted by Gasteiger charge is -2.35. The monoisotopic (exact) mass is 410 g/mol. The molecular weight excluding hydrogens is 364 g/mol. The molecule has 0 saturated heterocycles. The molecule has 5 unspecified atom stereocenters. The van der Waals surface area contributed by atoms with Crippen LogP contribution in [-0.2, 0) is 9.53 Å². The van der Waals surface area contributed by atoms with E-state index < -0.39 is 0 Å². The Morgan fingerprint density at radius 2 is 1.97 bits per heavy atom. The third-order valence-corrected chi connectivity index (χ3v) is 7.28. The largest absolute Gasteiger partial charge is 0.469 e. The number of aliphatic hydroxyl groups excluding tert-OH is 2. The number of allylic oxidation sites excluding steroid dienone is 2. The second kappa shape index (κ2) is 14.2. The van der Waals surface area contributed by atoms with Gasteiger partial charge >= 0.3 is 5.97 Å². The van der Waals surface area contributed by atoms with Crippen molar-refractivity contribution in [3.63, 3.8) is 0 Å². The van der Waals surface area contributed by atoms with Crippen molar-refractivity contribution in [2.24, 2.45) is 17.3 Å². The van der Waals surface area contributed by atoms with Gasteiger partial charge in [-0.15, -0.1) is 0 Å². The highest BCUT2D eigenvalue weighted by molar-refractivity contribution is 5.69. The molecule has 0 aliphatic heterocycles. The van der Waals surface area contributed by atoms with E-state index in [9.17, 15) is 15.0 Å². The average Bonchev–Trinajstić information content (AvgIpc) is 3.08. The molecule has 2 N–H and O–H groups in total. The first-order valence-corrected chi connectivity index (χ1v) is 12.0. The number of rotatable bonds is 15. The maximum Gasteiger partial charge on any atom is 0.305 e. The van der Waals surface area contributed by atoms with Gasteiger partial charge in [0.05, 0.1) is 19.3 Å². The summed E-state index contributed by atoms with van der Waals surface area (Å²) < 4.78 is 4.66. The van der Waals surface area contributed by atoms with E-state index >= 15 is 0 Å². The Morgan fingerprint density at radius 3 is 2.62 bits per heavy atom. The summed E-state index contributed by atoms with van der Waals surface area (Å²) in [5.74, 6) is 0.566. The number of unbranched alkanes of at least 4 members (excludes halogenated alkanes) is 3. The molecule has 0 aromatic carbocycles. The first kappa shape index (κ1) is 26.2. The minimum Gasteiger partial charge on any atom is -0.469 e. The van der Waals surface area contributed by atoms with Crippen molar-refractivity contribution in [1.82, 2.24) is 0 Å². The zero-order valence-corrected chi connectivity index (χ0v) is 19.4. The van der Waals surface area contributed by atoms with Crippen molar-refractivity contribution in [1.29, 1.82) is 0 Å². The minimum absolute atomic E-state index is 0.00818. The van der Waals surface area contributed by atoms with Crippen LogP contribution in [0.1, 0.15) is 104 Å². The van der Waals surface area contributed by atoms with Crippen molar-refractivity contribution in [2.75, 3.05) is 7.11 Å². The summed E-state index contributed by atoms with van der Waals surface area (Å²) in [6, 6.07) is 0. The topological polar surface area (TPSA) is 66.8 Å². The average molecular weight is 411 g/mol. The predicted octanol–water partition coefficient (Wildman–Crippen LogP) is 5.80. The molecule has 29 heavy (non-hydrogen) atoms. The lowest BCUT2D eigenvalue weighted by atomic mass is 9.74. The van der Waals surface area contributed by atoms with E-state index in [1.165, 1.54) is 32.8 Å². The zero-order chi connectivity index (χ0) is 21.7. The minimum atomic E-state index is -0.261. The van der Waals surface area contributed by atoms with Gasteiger partial charge in [0.2, 0.25) is 0 Å². The van der Waals surface area contributed by atoms with Crippen LogP contribution in [0, 0.1) is 17.3 Å². The van der Waals surface area contributed by atoms with E-state index in [4.69, 9.17) is 0 Å². The van der Waals surface area contributed by atoms with Crippen molar-refractivity contribution in [3.8, 4) is 0 Å². The maximum atomic E-state index is 11.2. The molecule has 1 saturated carbocycles. The van der Waals surface area contributed by atoms with Gasteiger partial charge < -0.3 is 14.9 Å². The van der Waals surface area contributed by atoms with E-state index in [1.54, 1.807) is 0 Å². The number of carbonyl (C=O) groups is 1. The molecule has 0 amide bonds. The van der Waals surface area contributed by atoms with Crippen molar-refractivity contribution in [3.05, 3.63) is 12.2 Å². The van der Waals surface area contributed by atoms with Crippen LogP contribution in [0.3, 0.4) is 0 Å². The van der Waals surface area contributed by atoms with Crippen molar-refractivity contribution >= 4 is 5.97 Å². The molecule has 4 heteroatoms. The quantitative estimate of drug-likeness (QED) is 0.203. The molecule has 0 bridgehead atoms. The van der Waals surface area contributed by atoms with Crippen LogP contribution in [-0.4, -0.2) is 35.5 Å². The Bertz CT molecular complexity index is 475. The van der Waals surface area contributed by atoms with E-state index in [0.717, 1.165) is 44.9 Å². The van der Waals surface area contributed by atoms with Crippen molar-refractivity contribution < 1.29 is 19.7 Å². The molecule has 1 fully saturated rings. The third kappa shape index (κ3) is 9.21. The summed E-state index contributed by atoms with van der Waals surface area (Å²) in [7, 11) is 1.41. The van der Waals surface area contributed by atoms with Gasteiger partial charge in [-0.25, -0.2) is 0 Å². The Balaban J connectivity index is 2.46. The highest BCUT2D eigenvalue weighted by Crippen LogP contribution is 2.41. The molecule has 0 aromatic heterocycles. The molecular formula is C25H46O4. The van der Waals surface area contributed by atoms with Gasteiger partial charge in [-0.1, -0.05) is 58.6 Å². The lowest BCUT2D eigenvalue weighted by molar-refractivity contribution is -0.140. The van der Waals surface area contributed by atoms with Gasteiger partial charge in [-0.3, -0.25) is 4.79 Å².